The van der Waals surface area contributed by atoms with Gasteiger partial charge in [-0.15, -0.1) is 0 Å². The Morgan fingerprint density at radius 2 is 2.18 bits per heavy atom. The third kappa shape index (κ3) is 3.42. The molecule has 5 heteroatoms. The number of nitrogens with two attached hydrogens (primary N) is 1. The van der Waals surface area contributed by atoms with Crippen LogP contribution in [-0.4, -0.2) is 18.0 Å². The van der Waals surface area contributed by atoms with Crippen LogP contribution in [0, 0.1) is 12.8 Å². The number of anilines is 1. The van der Waals surface area contributed by atoms with Crippen molar-refractivity contribution in [2.45, 2.75) is 13.8 Å². The number of hydrogen-bond donors (Lipinski definition) is 2. The quantitative estimate of drug-likeness (QED) is 0.803. The van der Waals surface area contributed by atoms with Gasteiger partial charge in [-0.1, -0.05) is 12.2 Å². The van der Waals surface area contributed by atoms with Crippen LogP contribution >= 0.6 is 12.2 Å². The number of carbonyl (C=O) groups excluding carboxylic acids is 1. The molecule has 0 spiro atoms. The van der Waals surface area contributed by atoms with Crippen LogP contribution in [0.2, 0.25) is 0 Å². The highest BCUT2D eigenvalue weighted by Gasteiger charge is 2.15. The summed E-state index contributed by atoms with van der Waals surface area (Å²) < 4.78 is 5.14. The predicted octanol–water partition coefficient (Wildman–Crippen LogP) is 1.86. The fourth-order valence-corrected chi connectivity index (χ4v) is 1.44. The van der Waals surface area contributed by atoms with Gasteiger partial charge in [-0.05, 0) is 37.6 Å². The number of nitrogens with one attached hydrogen (secondary N) is 1. The Kier molecular flexibility index (Phi) is 4.45. The van der Waals surface area contributed by atoms with Gasteiger partial charge in [0.1, 0.15) is 5.75 Å². The Morgan fingerprint density at radius 1 is 1.53 bits per heavy atom. The number of amides is 1. The fourth-order valence-electron chi connectivity index (χ4n) is 1.34. The smallest absolute Gasteiger partial charge is 0.234 e. The molecular weight excluding hydrogens is 236 g/mol. The van der Waals surface area contributed by atoms with Crippen LogP contribution < -0.4 is 15.8 Å². The summed E-state index contributed by atoms with van der Waals surface area (Å²) in [5.74, 6) is 0.0971. The van der Waals surface area contributed by atoms with Crippen molar-refractivity contribution in [3.05, 3.63) is 23.8 Å². The van der Waals surface area contributed by atoms with E-state index in [4.69, 9.17) is 22.7 Å². The monoisotopic (exact) mass is 252 g/mol. The Balaban J connectivity index is 2.79. The molecule has 4 nitrogen and oxygen atoms in total. The van der Waals surface area contributed by atoms with E-state index in [1.807, 2.05) is 13.0 Å². The summed E-state index contributed by atoms with van der Waals surface area (Å²) in [5.41, 5.74) is 7.07. The maximum absolute atomic E-state index is 11.7. The molecule has 0 aliphatic rings. The topological polar surface area (TPSA) is 64.3 Å². The van der Waals surface area contributed by atoms with Crippen LogP contribution in [0.4, 0.5) is 5.69 Å². The van der Waals surface area contributed by atoms with Crippen molar-refractivity contribution in [3.63, 3.8) is 0 Å². The molecular formula is C12H16N2O2S. The second-order valence-electron chi connectivity index (χ2n) is 3.80. The number of ether oxygens (including phenoxy) is 1. The summed E-state index contributed by atoms with van der Waals surface area (Å²) in [6, 6.07) is 5.41. The third-order valence-electron chi connectivity index (χ3n) is 2.48. The molecule has 1 amide bonds. The number of carbonyl (C=O) groups is 1. The molecule has 0 aliphatic heterocycles. The van der Waals surface area contributed by atoms with Gasteiger partial charge < -0.3 is 15.8 Å². The first kappa shape index (κ1) is 13.4. The fraction of sp³-hybridized carbons (Fsp3) is 0.333. The van der Waals surface area contributed by atoms with Gasteiger partial charge in [0.15, 0.2) is 0 Å². The molecule has 0 saturated carbocycles. The van der Waals surface area contributed by atoms with E-state index in [0.717, 1.165) is 11.3 Å². The SMILES string of the molecule is COc1ccc(NC(=O)C(C)C(N)=S)cc1C. The first-order chi connectivity index (χ1) is 7.95. The van der Waals surface area contributed by atoms with E-state index in [9.17, 15) is 4.79 Å². The first-order valence-electron chi connectivity index (χ1n) is 5.20. The molecule has 0 saturated heterocycles. The molecule has 1 atom stereocenters. The van der Waals surface area contributed by atoms with Crippen LogP contribution in [0.25, 0.3) is 0 Å². The highest BCUT2D eigenvalue weighted by molar-refractivity contribution is 7.80. The lowest BCUT2D eigenvalue weighted by atomic mass is 10.1. The minimum absolute atomic E-state index is 0.188. The molecule has 0 aromatic heterocycles. The van der Waals surface area contributed by atoms with Crippen molar-refractivity contribution in [2.75, 3.05) is 12.4 Å². The zero-order chi connectivity index (χ0) is 13.0. The highest BCUT2D eigenvalue weighted by Crippen LogP contribution is 2.21. The van der Waals surface area contributed by atoms with Gasteiger partial charge in [0.05, 0.1) is 18.0 Å². The molecule has 0 radical (unpaired) electrons. The Hall–Kier alpha value is -1.62. The molecule has 0 fully saturated rings. The van der Waals surface area contributed by atoms with Crippen molar-refractivity contribution in [3.8, 4) is 5.75 Å². The molecule has 1 unspecified atom stereocenters. The molecule has 1 aromatic carbocycles. The molecule has 92 valence electrons. The molecule has 1 rings (SSSR count). The summed E-state index contributed by atoms with van der Waals surface area (Å²) in [6.07, 6.45) is 0. The van der Waals surface area contributed by atoms with Crippen molar-refractivity contribution < 1.29 is 9.53 Å². The summed E-state index contributed by atoms with van der Waals surface area (Å²) in [4.78, 5) is 11.9. The Bertz CT molecular complexity index is 446. The number of benzene rings is 1. The minimum atomic E-state index is -0.479. The van der Waals surface area contributed by atoms with Crippen LogP contribution in [0.5, 0.6) is 5.75 Å². The van der Waals surface area contributed by atoms with E-state index < -0.39 is 5.92 Å². The summed E-state index contributed by atoms with van der Waals surface area (Å²) in [5, 5.41) is 2.75. The third-order valence-corrected chi connectivity index (χ3v) is 2.84. The van der Waals surface area contributed by atoms with Gasteiger partial charge in [0, 0.05) is 5.69 Å². The van der Waals surface area contributed by atoms with Crippen molar-refractivity contribution in [2.24, 2.45) is 11.7 Å². The molecule has 3 N–H and O–H groups in total. The predicted molar refractivity (Wildman–Crippen MR) is 72.3 cm³/mol. The maximum atomic E-state index is 11.7. The summed E-state index contributed by atoms with van der Waals surface area (Å²) in [7, 11) is 1.61. The summed E-state index contributed by atoms with van der Waals surface area (Å²) >= 11 is 4.77. The molecule has 0 aliphatic carbocycles. The van der Waals surface area contributed by atoms with Crippen molar-refractivity contribution in [1.29, 1.82) is 0 Å². The zero-order valence-electron chi connectivity index (χ0n) is 10.1. The number of methoxy groups -OCH3 is 1. The first-order valence-corrected chi connectivity index (χ1v) is 5.61. The minimum Gasteiger partial charge on any atom is -0.496 e. The van der Waals surface area contributed by atoms with Crippen molar-refractivity contribution in [1.82, 2.24) is 0 Å². The largest absolute Gasteiger partial charge is 0.496 e. The van der Waals surface area contributed by atoms with E-state index in [0.29, 0.717) is 5.69 Å². The standard InChI is InChI=1S/C12H16N2O2S/c1-7-6-9(4-5-10(7)16-3)14-12(15)8(2)11(13)17/h4-6,8H,1-3H3,(H2,13,17)(H,14,15). The molecule has 1 aromatic rings. The lowest BCUT2D eigenvalue weighted by molar-refractivity contribution is -0.117. The van der Waals surface area contributed by atoms with Crippen LogP contribution in [-0.2, 0) is 4.79 Å². The molecule has 0 heterocycles. The van der Waals surface area contributed by atoms with Gasteiger partial charge in [-0.3, -0.25) is 4.79 Å². The average Bonchev–Trinajstić information content (AvgIpc) is 2.28. The van der Waals surface area contributed by atoms with Crippen LogP contribution in [0.1, 0.15) is 12.5 Å². The van der Waals surface area contributed by atoms with E-state index in [1.54, 1.807) is 26.2 Å². The van der Waals surface area contributed by atoms with Crippen molar-refractivity contribution >= 4 is 28.8 Å². The van der Waals surface area contributed by atoms with Gasteiger partial charge in [-0.25, -0.2) is 0 Å². The van der Waals surface area contributed by atoms with Gasteiger partial charge in [0.2, 0.25) is 5.91 Å². The van der Waals surface area contributed by atoms with E-state index >= 15 is 0 Å². The lowest BCUT2D eigenvalue weighted by Gasteiger charge is -2.12. The van der Waals surface area contributed by atoms with Gasteiger partial charge in [-0.2, -0.15) is 0 Å². The van der Waals surface area contributed by atoms with Gasteiger partial charge >= 0.3 is 0 Å². The average molecular weight is 252 g/mol. The molecule has 17 heavy (non-hydrogen) atoms. The normalized spacial score (nSPS) is 11.7. The summed E-state index contributed by atoms with van der Waals surface area (Å²) in [6.45, 7) is 3.58. The lowest BCUT2D eigenvalue weighted by Crippen LogP contribution is -2.30. The Labute approximate surface area is 106 Å². The highest BCUT2D eigenvalue weighted by atomic mass is 32.1. The number of thiocarbonyl (C=S) groups is 1. The second kappa shape index (κ2) is 5.63. The van der Waals surface area contributed by atoms with E-state index in [2.05, 4.69) is 5.32 Å². The van der Waals surface area contributed by atoms with Crippen LogP contribution in [0.3, 0.4) is 0 Å². The number of aryl methyl sites for hydroxylation is 1. The van der Waals surface area contributed by atoms with Crippen LogP contribution in [0.15, 0.2) is 18.2 Å². The van der Waals surface area contributed by atoms with E-state index in [-0.39, 0.29) is 10.9 Å². The van der Waals surface area contributed by atoms with Gasteiger partial charge in [0.25, 0.3) is 0 Å². The maximum Gasteiger partial charge on any atom is 0.234 e. The number of rotatable bonds is 4. The zero-order valence-corrected chi connectivity index (χ0v) is 10.9. The molecule has 0 bridgehead atoms. The number of hydrogen-bond acceptors (Lipinski definition) is 3. The second-order valence-corrected chi connectivity index (χ2v) is 4.27. The Morgan fingerprint density at radius 3 is 2.65 bits per heavy atom. The van der Waals surface area contributed by atoms with E-state index in [1.165, 1.54) is 0 Å².